The van der Waals surface area contributed by atoms with Crippen molar-refractivity contribution in [2.75, 3.05) is 32.3 Å². The second kappa shape index (κ2) is 7.12. The third-order valence-corrected chi connectivity index (χ3v) is 3.70. The Hall–Kier alpha value is -2.89. The molecular weight excluding hydrogens is 310 g/mol. The predicted octanol–water partition coefficient (Wildman–Crippen LogP) is 3.11. The van der Waals surface area contributed by atoms with E-state index in [1.807, 2.05) is 30.3 Å². The maximum Gasteiger partial charge on any atom is 0.414 e. The van der Waals surface area contributed by atoms with Gasteiger partial charge in [-0.05, 0) is 12.1 Å². The zero-order valence-electron chi connectivity index (χ0n) is 13.6. The fourth-order valence-electron chi connectivity index (χ4n) is 2.48. The van der Waals surface area contributed by atoms with Gasteiger partial charge in [0.15, 0.2) is 6.10 Å². The fraction of sp³-hybridized carbons (Fsp3) is 0.278. The van der Waals surface area contributed by atoms with Crippen molar-refractivity contribution in [1.29, 1.82) is 0 Å². The number of carbonyl (C=O) groups is 1. The summed E-state index contributed by atoms with van der Waals surface area (Å²) >= 11 is 0. The fourth-order valence-corrected chi connectivity index (χ4v) is 2.48. The van der Waals surface area contributed by atoms with E-state index in [4.69, 9.17) is 18.9 Å². The molecule has 1 aliphatic heterocycles. The summed E-state index contributed by atoms with van der Waals surface area (Å²) in [6, 6.07) is 14.7. The van der Waals surface area contributed by atoms with Crippen molar-refractivity contribution >= 4 is 11.8 Å². The number of nitrogens with zero attached hydrogens (tertiary/aromatic N) is 1. The molecule has 1 unspecified atom stereocenters. The first-order chi connectivity index (χ1) is 11.7. The number of hydrogen-bond donors (Lipinski definition) is 0. The lowest BCUT2D eigenvalue weighted by Gasteiger charge is -2.14. The topological polar surface area (TPSA) is 57.2 Å². The Morgan fingerprint density at radius 3 is 2.29 bits per heavy atom. The van der Waals surface area contributed by atoms with Crippen LogP contribution in [0.2, 0.25) is 0 Å². The van der Waals surface area contributed by atoms with Gasteiger partial charge in [-0.15, -0.1) is 0 Å². The van der Waals surface area contributed by atoms with Crippen molar-refractivity contribution in [3.8, 4) is 17.2 Å². The van der Waals surface area contributed by atoms with Crippen molar-refractivity contribution in [3.63, 3.8) is 0 Å². The molecule has 0 N–H and O–H groups in total. The lowest BCUT2D eigenvalue weighted by Crippen LogP contribution is -2.26. The summed E-state index contributed by atoms with van der Waals surface area (Å²) in [6.07, 6.45) is -0.701. The molecule has 6 nitrogen and oxygen atoms in total. The van der Waals surface area contributed by atoms with E-state index in [0.29, 0.717) is 23.8 Å². The van der Waals surface area contributed by atoms with Crippen molar-refractivity contribution < 1.29 is 23.7 Å². The first-order valence-electron chi connectivity index (χ1n) is 7.58. The molecule has 3 rings (SSSR count). The highest BCUT2D eigenvalue weighted by atomic mass is 16.6. The molecule has 2 aromatic carbocycles. The number of cyclic esters (lactones) is 1. The number of amides is 1. The van der Waals surface area contributed by atoms with Gasteiger partial charge in [-0.1, -0.05) is 18.2 Å². The minimum Gasteiger partial charge on any atom is -0.496 e. The SMILES string of the molecule is COc1cc(OC)cc(OCC2CN(c3ccccc3)C(=O)O2)c1. The average molecular weight is 329 g/mol. The molecule has 1 fully saturated rings. The summed E-state index contributed by atoms with van der Waals surface area (Å²) in [4.78, 5) is 13.6. The molecule has 0 radical (unpaired) electrons. The van der Waals surface area contributed by atoms with E-state index in [2.05, 4.69) is 0 Å². The third kappa shape index (κ3) is 3.53. The van der Waals surface area contributed by atoms with Crippen LogP contribution >= 0.6 is 0 Å². The quantitative estimate of drug-likeness (QED) is 0.815. The molecule has 0 aromatic heterocycles. The summed E-state index contributed by atoms with van der Waals surface area (Å²) in [5.41, 5.74) is 0.813. The smallest absolute Gasteiger partial charge is 0.414 e. The van der Waals surface area contributed by atoms with E-state index in [1.54, 1.807) is 37.3 Å². The summed E-state index contributed by atoms with van der Waals surface area (Å²) < 4.78 is 21.5. The molecule has 1 amide bonds. The van der Waals surface area contributed by atoms with E-state index < -0.39 is 0 Å². The standard InChI is InChI=1S/C18H19NO5/c1-21-14-8-15(22-2)10-16(9-14)23-12-17-11-19(18(20)24-17)13-6-4-3-5-7-13/h3-10,17H,11-12H2,1-2H3. The number of para-hydroxylation sites is 1. The minimum absolute atomic E-state index is 0.255. The maximum absolute atomic E-state index is 12.0. The van der Waals surface area contributed by atoms with Gasteiger partial charge in [-0.3, -0.25) is 4.90 Å². The Morgan fingerprint density at radius 1 is 1.04 bits per heavy atom. The Balaban J connectivity index is 1.63. The van der Waals surface area contributed by atoms with Gasteiger partial charge >= 0.3 is 6.09 Å². The monoisotopic (exact) mass is 329 g/mol. The highest BCUT2D eigenvalue weighted by Gasteiger charge is 2.32. The van der Waals surface area contributed by atoms with Gasteiger partial charge in [-0.2, -0.15) is 0 Å². The second-order valence-corrected chi connectivity index (χ2v) is 5.31. The van der Waals surface area contributed by atoms with E-state index in [-0.39, 0.29) is 18.8 Å². The van der Waals surface area contributed by atoms with Crippen LogP contribution in [0.1, 0.15) is 0 Å². The van der Waals surface area contributed by atoms with Crippen LogP contribution in [0, 0.1) is 0 Å². The van der Waals surface area contributed by atoms with Crippen molar-refractivity contribution in [3.05, 3.63) is 48.5 Å². The minimum atomic E-state index is -0.363. The first kappa shape index (κ1) is 16.0. The molecule has 1 atom stereocenters. The van der Waals surface area contributed by atoms with Crippen LogP contribution in [0.5, 0.6) is 17.2 Å². The van der Waals surface area contributed by atoms with Crippen LogP contribution in [-0.2, 0) is 4.74 Å². The number of carbonyl (C=O) groups excluding carboxylic acids is 1. The summed E-state index contributed by atoms with van der Waals surface area (Å²) in [5.74, 6) is 1.87. The van der Waals surface area contributed by atoms with Crippen LogP contribution in [0.15, 0.2) is 48.5 Å². The van der Waals surface area contributed by atoms with Crippen LogP contribution in [0.3, 0.4) is 0 Å². The van der Waals surface area contributed by atoms with Gasteiger partial charge in [0.1, 0.15) is 23.9 Å². The number of ether oxygens (including phenoxy) is 4. The van der Waals surface area contributed by atoms with Crippen LogP contribution in [0.25, 0.3) is 0 Å². The van der Waals surface area contributed by atoms with Crippen molar-refractivity contribution in [2.24, 2.45) is 0 Å². The van der Waals surface area contributed by atoms with Gasteiger partial charge in [0, 0.05) is 23.9 Å². The maximum atomic E-state index is 12.0. The van der Waals surface area contributed by atoms with Crippen LogP contribution in [-0.4, -0.2) is 39.6 Å². The summed E-state index contributed by atoms with van der Waals surface area (Å²) in [6.45, 7) is 0.704. The van der Waals surface area contributed by atoms with Gasteiger partial charge < -0.3 is 18.9 Å². The Labute approximate surface area is 140 Å². The van der Waals surface area contributed by atoms with Crippen LogP contribution < -0.4 is 19.1 Å². The molecule has 1 heterocycles. The van der Waals surface area contributed by atoms with Crippen molar-refractivity contribution in [1.82, 2.24) is 0 Å². The Kier molecular flexibility index (Phi) is 4.74. The van der Waals surface area contributed by atoms with Gasteiger partial charge in [0.2, 0.25) is 0 Å². The molecule has 0 spiro atoms. The lowest BCUT2D eigenvalue weighted by molar-refractivity contribution is 0.105. The molecule has 0 aliphatic carbocycles. The normalized spacial score (nSPS) is 16.7. The number of methoxy groups -OCH3 is 2. The zero-order chi connectivity index (χ0) is 16.9. The number of hydrogen-bond acceptors (Lipinski definition) is 5. The van der Waals surface area contributed by atoms with E-state index >= 15 is 0 Å². The zero-order valence-corrected chi connectivity index (χ0v) is 13.6. The van der Waals surface area contributed by atoms with E-state index in [1.165, 1.54) is 0 Å². The molecule has 1 saturated heterocycles. The van der Waals surface area contributed by atoms with Gasteiger partial charge in [0.25, 0.3) is 0 Å². The molecule has 6 heteroatoms. The largest absolute Gasteiger partial charge is 0.496 e. The molecule has 2 aromatic rings. The molecular formula is C18H19NO5. The summed E-state index contributed by atoms with van der Waals surface area (Å²) in [7, 11) is 3.16. The third-order valence-electron chi connectivity index (χ3n) is 3.70. The Morgan fingerprint density at radius 2 is 1.67 bits per heavy atom. The summed E-state index contributed by atoms with van der Waals surface area (Å²) in [5, 5.41) is 0. The average Bonchev–Trinajstić information content (AvgIpc) is 3.01. The van der Waals surface area contributed by atoms with E-state index in [9.17, 15) is 4.79 Å². The Bertz CT molecular complexity index is 682. The lowest BCUT2D eigenvalue weighted by atomic mass is 10.3. The highest BCUT2D eigenvalue weighted by Crippen LogP contribution is 2.28. The molecule has 1 aliphatic rings. The van der Waals surface area contributed by atoms with Crippen LogP contribution in [0.4, 0.5) is 10.5 Å². The number of rotatable bonds is 6. The second-order valence-electron chi connectivity index (χ2n) is 5.31. The number of anilines is 1. The molecule has 126 valence electrons. The van der Waals surface area contributed by atoms with Crippen molar-refractivity contribution in [2.45, 2.75) is 6.10 Å². The predicted molar refractivity (Wildman–Crippen MR) is 89.1 cm³/mol. The first-order valence-corrected chi connectivity index (χ1v) is 7.58. The highest BCUT2D eigenvalue weighted by molar-refractivity contribution is 5.89. The van der Waals surface area contributed by atoms with E-state index in [0.717, 1.165) is 5.69 Å². The molecule has 0 saturated carbocycles. The van der Waals surface area contributed by atoms with Gasteiger partial charge in [-0.25, -0.2) is 4.79 Å². The molecule has 0 bridgehead atoms. The number of benzene rings is 2. The van der Waals surface area contributed by atoms with Gasteiger partial charge in [0.05, 0.1) is 20.8 Å². The molecule has 24 heavy (non-hydrogen) atoms.